The Labute approximate surface area is 99.0 Å². The molecule has 1 aliphatic rings. The molecule has 1 saturated carbocycles. The van der Waals surface area contributed by atoms with Crippen LogP contribution in [0.5, 0.6) is 0 Å². The Bertz CT molecular complexity index is 340. The molecule has 3 atom stereocenters. The third-order valence-electron chi connectivity index (χ3n) is 3.87. The van der Waals surface area contributed by atoms with Crippen molar-refractivity contribution in [3.8, 4) is 0 Å². The fourth-order valence-electron chi connectivity index (χ4n) is 3.11. The van der Waals surface area contributed by atoms with Crippen LogP contribution in [-0.4, -0.2) is 6.04 Å². The van der Waals surface area contributed by atoms with E-state index >= 15 is 0 Å². The Morgan fingerprint density at radius 2 is 1.94 bits per heavy atom. The largest absolute Gasteiger partial charge is 0.328 e. The summed E-state index contributed by atoms with van der Waals surface area (Å²) in [5, 5.41) is 0. The zero-order valence-corrected chi connectivity index (χ0v) is 10.6. The van der Waals surface area contributed by atoms with Gasteiger partial charge in [-0.2, -0.15) is 0 Å². The number of hydrogen-bond acceptors (Lipinski definition) is 1. The van der Waals surface area contributed by atoms with Crippen LogP contribution in [0.25, 0.3) is 0 Å². The molecule has 0 amide bonds. The van der Waals surface area contributed by atoms with E-state index in [0.29, 0.717) is 11.5 Å². The molecule has 0 aromatic heterocycles. The highest BCUT2D eigenvalue weighted by molar-refractivity contribution is 5.26. The van der Waals surface area contributed by atoms with Gasteiger partial charge < -0.3 is 5.73 Å². The third kappa shape index (κ3) is 2.46. The molecule has 1 nitrogen and oxygen atoms in total. The SMILES string of the molecule is CC(N)CC(C)(C)C1CC1c1ccccc1. The van der Waals surface area contributed by atoms with Crippen molar-refractivity contribution in [1.82, 2.24) is 0 Å². The second-order valence-corrected chi connectivity index (χ2v) is 6.03. The fourth-order valence-corrected chi connectivity index (χ4v) is 3.11. The van der Waals surface area contributed by atoms with Gasteiger partial charge in [0.25, 0.3) is 0 Å². The minimum absolute atomic E-state index is 0.312. The molecule has 0 spiro atoms. The van der Waals surface area contributed by atoms with Gasteiger partial charge in [-0.1, -0.05) is 44.2 Å². The first-order valence-electron chi connectivity index (χ1n) is 6.31. The fraction of sp³-hybridized carbons (Fsp3) is 0.600. The smallest absolute Gasteiger partial charge is 0.00156 e. The summed E-state index contributed by atoms with van der Waals surface area (Å²) in [5.74, 6) is 1.59. The molecule has 88 valence electrons. The Balaban J connectivity index is 2.01. The van der Waals surface area contributed by atoms with Gasteiger partial charge in [-0.25, -0.2) is 0 Å². The highest BCUT2D eigenvalue weighted by atomic mass is 14.6. The zero-order valence-electron chi connectivity index (χ0n) is 10.6. The number of rotatable bonds is 4. The van der Waals surface area contributed by atoms with Crippen LogP contribution in [-0.2, 0) is 0 Å². The Morgan fingerprint density at radius 1 is 1.31 bits per heavy atom. The first kappa shape index (κ1) is 11.7. The molecular formula is C15H23N. The first-order valence-corrected chi connectivity index (χ1v) is 6.31. The molecule has 1 aromatic carbocycles. The Kier molecular flexibility index (Phi) is 3.07. The van der Waals surface area contributed by atoms with Crippen molar-refractivity contribution in [2.75, 3.05) is 0 Å². The normalized spacial score (nSPS) is 26.5. The summed E-state index contributed by atoms with van der Waals surface area (Å²) < 4.78 is 0. The lowest BCUT2D eigenvalue weighted by molar-refractivity contribution is 0.260. The zero-order chi connectivity index (χ0) is 11.8. The highest BCUT2D eigenvalue weighted by Gasteiger charge is 2.47. The van der Waals surface area contributed by atoms with Gasteiger partial charge in [0.05, 0.1) is 0 Å². The molecule has 3 unspecified atom stereocenters. The van der Waals surface area contributed by atoms with Crippen molar-refractivity contribution in [3.63, 3.8) is 0 Å². The van der Waals surface area contributed by atoms with Crippen molar-refractivity contribution in [2.45, 2.75) is 45.6 Å². The van der Waals surface area contributed by atoms with Gasteiger partial charge in [0.1, 0.15) is 0 Å². The molecule has 0 radical (unpaired) electrons. The van der Waals surface area contributed by atoms with Crippen molar-refractivity contribution in [1.29, 1.82) is 0 Å². The molecule has 1 heteroatoms. The monoisotopic (exact) mass is 217 g/mol. The molecule has 0 bridgehead atoms. The van der Waals surface area contributed by atoms with Crippen molar-refractivity contribution in [2.24, 2.45) is 17.1 Å². The molecule has 1 fully saturated rings. The number of benzene rings is 1. The predicted octanol–water partition coefficient (Wildman–Crippen LogP) is 3.55. The average Bonchev–Trinajstić information content (AvgIpc) is 2.97. The van der Waals surface area contributed by atoms with Crippen LogP contribution in [0.3, 0.4) is 0 Å². The summed E-state index contributed by atoms with van der Waals surface area (Å²) >= 11 is 0. The van der Waals surface area contributed by atoms with E-state index in [1.54, 1.807) is 0 Å². The average molecular weight is 217 g/mol. The molecule has 1 aromatic rings. The number of nitrogens with two attached hydrogens (primary N) is 1. The van der Waals surface area contributed by atoms with E-state index in [4.69, 9.17) is 5.73 Å². The lowest BCUT2D eigenvalue weighted by Gasteiger charge is -2.27. The van der Waals surface area contributed by atoms with E-state index in [9.17, 15) is 0 Å². The lowest BCUT2D eigenvalue weighted by atomic mass is 9.80. The van der Waals surface area contributed by atoms with Gasteiger partial charge in [0.2, 0.25) is 0 Å². The van der Waals surface area contributed by atoms with E-state index < -0.39 is 0 Å². The van der Waals surface area contributed by atoms with Crippen LogP contribution >= 0.6 is 0 Å². The Hall–Kier alpha value is -0.820. The minimum Gasteiger partial charge on any atom is -0.328 e. The van der Waals surface area contributed by atoms with E-state index in [-0.39, 0.29) is 0 Å². The minimum atomic E-state index is 0.312. The van der Waals surface area contributed by atoms with Crippen LogP contribution in [0.2, 0.25) is 0 Å². The maximum atomic E-state index is 5.93. The molecule has 2 rings (SSSR count). The topological polar surface area (TPSA) is 26.0 Å². The molecule has 1 aliphatic carbocycles. The van der Waals surface area contributed by atoms with E-state index in [1.807, 2.05) is 0 Å². The standard InChI is InChI=1S/C15H23N/c1-11(16)10-15(2,3)14-9-13(14)12-7-5-4-6-8-12/h4-8,11,13-14H,9-10,16H2,1-3H3. The summed E-state index contributed by atoms with van der Waals surface area (Å²) in [5.41, 5.74) is 7.82. The van der Waals surface area contributed by atoms with Gasteiger partial charge >= 0.3 is 0 Å². The summed E-state index contributed by atoms with van der Waals surface area (Å²) in [6.45, 7) is 6.84. The van der Waals surface area contributed by atoms with E-state index in [0.717, 1.165) is 18.3 Å². The van der Waals surface area contributed by atoms with E-state index in [2.05, 4.69) is 51.1 Å². The van der Waals surface area contributed by atoms with Crippen LogP contribution in [0.1, 0.15) is 45.1 Å². The number of hydrogen-bond donors (Lipinski definition) is 1. The first-order chi connectivity index (χ1) is 7.50. The summed E-state index contributed by atoms with van der Waals surface area (Å²) in [7, 11) is 0. The molecule has 2 N–H and O–H groups in total. The maximum absolute atomic E-state index is 5.93. The van der Waals surface area contributed by atoms with Gasteiger partial charge in [-0.3, -0.25) is 0 Å². The molecule has 0 aliphatic heterocycles. The Morgan fingerprint density at radius 3 is 2.50 bits per heavy atom. The van der Waals surface area contributed by atoms with Crippen molar-refractivity contribution < 1.29 is 0 Å². The van der Waals surface area contributed by atoms with Crippen LogP contribution in [0, 0.1) is 11.3 Å². The summed E-state index contributed by atoms with van der Waals surface area (Å²) in [6.07, 6.45) is 2.46. The second kappa shape index (κ2) is 4.21. The van der Waals surface area contributed by atoms with Gasteiger partial charge in [0.15, 0.2) is 0 Å². The van der Waals surface area contributed by atoms with E-state index in [1.165, 1.54) is 12.0 Å². The third-order valence-corrected chi connectivity index (χ3v) is 3.87. The van der Waals surface area contributed by atoms with Crippen LogP contribution in [0.15, 0.2) is 30.3 Å². The van der Waals surface area contributed by atoms with Gasteiger partial charge in [-0.15, -0.1) is 0 Å². The maximum Gasteiger partial charge on any atom is 0.00156 e. The lowest BCUT2D eigenvalue weighted by Crippen LogP contribution is -2.27. The van der Waals surface area contributed by atoms with Crippen LogP contribution in [0.4, 0.5) is 0 Å². The van der Waals surface area contributed by atoms with Gasteiger partial charge in [-0.05, 0) is 42.6 Å². The summed E-state index contributed by atoms with van der Waals surface area (Å²) in [6, 6.07) is 11.2. The highest BCUT2D eigenvalue weighted by Crippen LogP contribution is 2.58. The van der Waals surface area contributed by atoms with Crippen LogP contribution < -0.4 is 5.73 Å². The molecular weight excluding hydrogens is 194 g/mol. The second-order valence-electron chi connectivity index (χ2n) is 6.03. The van der Waals surface area contributed by atoms with Crippen molar-refractivity contribution in [3.05, 3.63) is 35.9 Å². The molecule has 16 heavy (non-hydrogen) atoms. The summed E-state index contributed by atoms with van der Waals surface area (Å²) in [4.78, 5) is 0. The molecule has 0 saturated heterocycles. The quantitative estimate of drug-likeness (QED) is 0.820. The predicted molar refractivity (Wildman–Crippen MR) is 69.3 cm³/mol. The molecule has 0 heterocycles. The van der Waals surface area contributed by atoms with Gasteiger partial charge in [0, 0.05) is 6.04 Å². The van der Waals surface area contributed by atoms with Crippen molar-refractivity contribution >= 4 is 0 Å².